The highest BCUT2D eigenvalue weighted by Crippen LogP contribution is 2.29. The number of hydrogen-bond donors (Lipinski definition) is 2. The van der Waals surface area contributed by atoms with Gasteiger partial charge in [0.15, 0.2) is 0 Å². The second-order valence-corrected chi connectivity index (χ2v) is 4.95. The fraction of sp³-hybridized carbons (Fsp3) is 0.571. The van der Waals surface area contributed by atoms with Crippen molar-refractivity contribution in [3.8, 4) is 0 Å². The first kappa shape index (κ1) is 13.8. The van der Waals surface area contributed by atoms with E-state index in [0.29, 0.717) is 18.2 Å². The molecule has 104 valence electrons. The van der Waals surface area contributed by atoms with Crippen LogP contribution < -0.4 is 11.1 Å². The fourth-order valence-electron chi connectivity index (χ4n) is 2.68. The van der Waals surface area contributed by atoms with Crippen molar-refractivity contribution in [2.45, 2.75) is 31.7 Å². The van der Waals surface area contributed by atoms with Crippen molar-refractivity contribution in [1.29, 1.82) is 0 Å². The Morgan fingerprint density at radius 3 is 2.95 bits per heavy atom. The van der Waals surface area contributed by atoms with Crippen molar-refractivity contribution in [3.05, 3.63) is 24.0 Å². The number of nitrogens with zero attached hydrogens (tertiary/aromatic N) is 1. The molecule has 1 saturated carbocycles. The molecular formula is C14H21N3O2. The van der Waals surface area contributed by atoms with E-state index in [-0.39, 0.29) is 6.04 Å². The number of pyridine rings is 1. The molecule has 3 N–H and O–H groups in total. The summed E-state index contributed by atoms with van der Waals surface area (Å²) in [6.07, 6.45) is 6.63. The van der Waals surface area contributed by atoms with Crippen LogP contribution in [0.5, 0.6) is 0 Å². The van der Waals surface area contributed by atoms with Gasteiger partial charge >= 0.3 is 5.97 Å². The zero-order chi connectivity index (χ0) is 13.7. The highest BCUT2D eigenvalue weighted by atomic mass is 16.5. The number of esters is 1. The average Bonchev–Trinajstić information content (AvgIpc) is 2.98. The van der Waals surface area contributed by atoms with Crippen LogP contribution >= 0.6 is 0 Å². The minimum Gasteiger partial charge on any atom is -0.464 e. The smallest absolute Gasteiger partial charge is 0.356 e. The molecule has 19 heavy (non-hydrogen) atoms. The Hall–Kier alpha value is -1.62. The van der Waals surface area contributed by atoms with Crippen LogP contribution in [0.2, 0.25) is 0 Å². The van der Waals surface area contributed by atoms with Crippen molar-refractivity contribution >= 4 is 11.7 Å². The number of methoxy groups -OCH3 is 1. The molecule has 5 nitrogen and oxygen atoms in total. The van der Waals surface area contributed by atoms with Gasteiger partial charge in [-0.25, -0.2) is 9.78 Å². The molecule has 0 aromatic carbocycles. The molecule has 0 bridgehead atoms. The minimum atomic E-state index is -0.422. The maximum Gasteiger partial charge on any atom is 0.356 e. The van der Waals surface area contributed by atoms with Gasteiger partial charge < -0.3 is 15.8 Å². The van der Waals surface area contributed by atoms with Gasteiger partial charge in [0.1, 0.15) is 5.69 Å². The number of anilines is 1. The van der Waals surface area contributed by atoms with Crippen LogP contribution in [-0.4, -0.2) is 30.6 Å². The molecule has 5 heteroatoms. The standard InChI is InChI=1S/C14H21N3O2/c1-19-14(18)12-8-11(6-7-16-12)17-13(9-15)10-4-2-3-5-10/h6-8,10,13H,2-5,9,15H2,1H3,(H,16,17). The van der Waals surface area contributed by atoms with Crippen LogP contribution in [0.15, 0.2) is 18.3 Å². The average molecular weight is 263 g/mol. The maximum absolute atomic E-state index is 11.4. The number of carbonyl (C=O) groups is 1. The first-order valence-electron chi connectivity index (χ1n) is 6.75. The Bertz CT molecular complexity index is 430. The molecular weight excluding hydrogens is 242 g/mol. The van der Waals surface area contributed by atoms with Gasteiger partial charge in [-0.15, -0.1) is 0 Å². The Kier molecular flexibility index (Phi) is 4.74. The fourth-order valence-corrected chi connectivity index (χ4v) is 2.68. The monoisotopic (exact) mass is 263 g/mol. The lowest BCUT2D eigenvalue weighted by atomic mass is 9.98. The van der Waals surface area contributed by atoms with Crippen LogP contribution in [0, 0.1) is 5.92 Å². The normalized spacial score (nSPS) is 17.2. The van der Waals surface area contributed by atoms with E-state index in [1.807, 2.05) is 6.07 Å². The van der Waals surface area contributed by atoms with Gasteiger partial charge in [-0.1, -0.05) is 12.8 Å². The molecule has 1 aromatic rings. The molecule has 1 aromatic heterocycles. The molecule has 0 saturated heterocycles. The lowest BCUT2D eigenvalue weighted by Crippen LogP contribution is -2.35. The largest absolute Gasteiger partial charge is 0.464 e. The minimum absolute atomic E-state index is 0.260. The predicted molar refractivity (Wildman–Crippen MR) is 74.0 cm³/mol. The summed E-state index contributed by atoms with van der Waals surface area (Å²) < 4.78 is 4.67. The van der Waals surface area contributed by atoms with Crippen LogP contribution in [-0.2, 0) is 4.74 Å². The van der Waals surface area contributed by atoms with Crippen molar-refractivity contribution < 1.29 is 9.53 Å². The molecule has 1 fully saturated rings. The van der Waals surface area contributed by atoms with E-state index < -0.39 is 5.97 Å². The number of carbonyl (C=O) groups excluding carboxylic acids is 1. The quantitative estimate of drug-likeness (QED) is 0.792. The van der Waals surface area contributed by atoms with Crippen molar-refractivity contribution in [1.82, 2.24) is 4.98 Å². The van der Waals surface area contributed by atoms with E-state index in [0.717, 1.165) is 5.69 Å². The molecule has 1 unspecified atom stereocenters. The lowest BCUT2D eigenvalue weighted by Gasteiger charge is -2.24. The van der Waals surface area contributed by atoms with Crippen molar-refractivity contribution in [3.63, 3.8) is 0 Å². The zero-order valence-corrected chi connectivity index (χ0v) is 11.3. The third kappa shape index (κ3) is 3.44. The summed E-state index contributed by atoms with van der Waals surface area (Å²) in [5, 5.41) is 3.42. The summed E-state index contributed by atoms with van der Waals surface area (Å²) in [5.41, 5.74) is 7.04. The predicted octanol–water partition coefficient (Wildman–Crippen LogP) is 1.80. The Balaban J connectivity index is 2.06. The van der Waals surface area contributed by atoms with Gasteiger partial charge in [0.05, 0.1) is 7.11 Å². The topological polar surface area (TPSA) is 77.2 Å². The van der Waals surface area contributed by atoms with Crippen LogP contribution in [0.3, 0.4) is 0 Å². The van der Waals surface area contributed by atoms with E-state index in [1.165, 1.54) is 32.8 Å². The molecule has 0 aliphatic heterocycles. The highest BCUT2D eigenvalue weighted by molar-refractivity contribution is 5.88. The Labute approximate surface area is 113 Å². The van der Waals surface area contributed by atoms with Gasteiger partial charge in [0.2, 0.25) is 0 Å². The van der Waals surface area contributed by atoms with E-state index in [2.05, 4.69) is 15.0 Å². The third-order valence-electron chi connectivity index (χ3n) is 3.73. The summed E-state index contributed by atoms with van der Waals surface area (Å²) in [7, 11) is 1.35. The summed E-state index contributed by atoms with van der Waals surface area (Å²) >= 11 is 0. The van der Waals surface area contributed by atoms with Crippen LogP contribution in [0.4, 0.5) is 5.69 Å². The van der Waals surface area contributed by atoms with Crippen LogP contribution in [0.25, 0.3) is 0 Å². The maximum atomic E-state index is 11.4. The van der Waals surface area contributed by atoms with E-state index >= 15 is 0 Å². The molecule has 1 heterocycles. The molecule has 1 atom stereocenters. The number of aromatic nitrogens is 1. The third-order valence-corrected chi connectivity index (χ3v) is 3.73. The summed E-state index contributed by atoms with van der Waals surface area (Å²) in [6.45, 7) is 0.598. The van der Waals surface area contributed by atoms with Gasteiger partial charge in [-0.05, 0) is 30.9 Å². The Morgan fingerprint density at radius 1 is 1.58 bits per heavy atom. The number of nitrogens with two attached hydrogens (primary N) is 1. The van der Waals surface area contributed by atoms with E-state index in [9.17, 15) is 4.79 Å². The van der Waals surface area contributed by atoms with Crippen molar-refractivity contribution in [2.75, 3.05) is 19.0 Å². The molecule has 0 radical (unpaired) electrons. The number of hydrogen-bond acceptors (Lipinski definition) is 5. The SMILES string of the molecule is COC(=O)c1cc(NC(CN)C2CCCC2)ccn1. The molecule has 2 rings (SSSR count). The molecule has 0 amide bonds. The molecule has 1 aliphatic rings. The van der Waals surface area contributed by atoms with E-state index in [4.69, 9.17) is 5.73 Å². The lowest BCUT2D eigenvalue weighted by molar-refractivity contribution is 0.0594. The van der Waals surface area contributed by atoms with Gasteiger partial charge in [-0.2, -0.15) is 0 Å². The van der Waals surface area contributed by atoms with Gasteiger partial charge in [-0.3, -0.25) is 0 Å². The highest BCUT2D eigenvalue weighted by Gasteiger charge is 2.24. The second kappa shape index (κ2) is 6.52. The summed E-state index contributed by atoms with van der Waals surface area (Å²) in [4.78, 5) is 15.4. The number of ether oxygens (including phenoxy) is 1. The second-order valence-electron chi connectivity index (χ2n) is 4.95. The number of rotatable bonds is 5. The summed E-state index contributed by atoms with van der Waals surface area (Å²) in [6, 6.07) is 3.82. The number of nitrogens with one attached hydrogen (secondary N) is 1. The first-order chi connectivity index (χ1) is 9.24. The van der Waals surface area contributed by atoms with Gasteiger partial charge in [0.25, 0.3) is 0 Å². The molecule has 1 aliphatic carbocycles. The first-order valence-corrected chi connectivity index (χ1v) is 6.75. The zero-order valence-electron chi connectivity index (χ0n) is 11.3. The van der Waals surface area contributed by atoms with Crippen LogP contribution in [0.1, 0.15) is 36.2 Å². The van der Waals surface area contributed by atoms with E-state index in [1.54, 1.807) is 12.3 Å². The molecule has 0 spiro atoms. The summed E-state index contributed by atoms with van der Waals surface area (Å²) in [5.74, 6) is 0.202. The van der Waals surface area contributed by atoms with Crippen molar-refractivity contribution in [2.24, 2.45) is 11.7 Å². The van der Waals surface area contributed by atoms with Gasteiger partial charge in [0, 0.05) is 24.5 Å². The Morgan fingerprint density at radius 2 is 2.32 bits per heavy atom.